The summed E-state index contributed by atoms with van der Waals surface area (Å²) in [4.78, 5) is 35.0. The number of amides is 2. The van der Waals surface area contributed by atoms with Crippen LogP contribution in [0.3, 0.4) is 0 Å². The number of likely N-dealkylation sites (N-methyl/N-ethyl adjacent to an activating group) is 1. The number of para-hydroxylation sites is 1. The number of ether oxygens (including phenoxy) is 1. The number of hydrogen-bond donors (Lipinski definition) is 0. The number of piperazine rings is 1. The molecular weight excluding hydrogens is 440 g/mol. The fraction of sp³-hybridized carbons (Fsp3) is 0.643. The monoisotopic (exact) mass is 482 g/mol. The molecule has 0 unspecified atom stereocenters. The van der Waals surface area contributed by atoms with E-state index in [1.165, 1.54) is 0 Å². The maximum absolute atomic E-state index is 13.4. The molecule has 1 aromatic rings. The predicted molar refractivity (Wildman–Crippen MR) is 138 cm³/mol. The molecule has 192 valence electrons. The van der Waals surface area contributed by atoms with Crippen LogP contribution in [0, 0.1) is 17.8 Å². The Balaban J connectivity index is 1.49. The summed E-state index contributed by atoms with van der Waals surface area (Å²) in [5.41, 5.74) is 1.11. The molecule has 7 nitrogen and oxygen atoms in total. The van der Waals surface area contributed by atoms with E-state index in [4.69, 9.17) is 4.74 Å². The van der Waals surface area contributed by atoms with E-state index >= 15 is 0 Å². The van der Waals surface area contributed by atoms with Crippen LogP contribution in [0.25, 0.3) is 0 Å². The fourth-order valence-corrected chi connectivity index (χ4v) is 5.51. The van der Waals surface area contributed by atoms with Crippen molar-refractivity contribution in [2.45, 2.75) is 33.2 Å². The zero-order chi connectivity index (χ0) is 24.8. The van der Waals surface area contributed by atoms with Crippen molar-refractivity contribution in [3.05, 3.63) is 42.0 Å². The molecule has 0 spiro atoms. The normalized spacial score (nSPS) is 25.8. The van der Waals surface area contributed by atoms with Crippen LogP contribution in [0.5, 0.6) is 5.75 Å². The van der Waals surface area contributed by atoms with Gasteiger partial charge in [-0.05, 0) is 37.3 Å². The van der Waals surface area contributed by atoms with Crippen LogP contribution >= 0.6 is 0 Å². The highest BCUT2D eigenvalue weighted by Crippen LogP contribution is 2.30. The fourth-order valence-electron chi connectivity index (χ4n) is 5.51. The summed E-state index contributed by atoms with van der Waals surface area (Å²) >= 11 is 0. The summed E-state index contributed by atoms with van der Waals surface area (Å²) in [6, 6.07) is 8.13. The number of rotatable bonds is 4. The number of piperidine rings is 1. The van der Waals surface area contributed by atoms with Crippen LogP contribution in [-0.2, 0) is 16.1 Å². The molecule has 0 aromatic heterocycles. The van der Waals surface area contributed by atoms with Gasteiger partial charge < -0.3 is 19.4 Å². The summed E-state index contributed by atoms with van der Waals surface area (Å²) in [6.45, 7) is 11.7. The second-order valence-corrected chi connectivity index (χ2v) is 10.9. The van der Waals surface area contributed by atoms with Crippen molar-refractivity contribution in [2.75, 3.05) is 66.0 Å². The van der Waals surface area contributed by atoms with Gasteiger partial charge in [0.25, 0.3) is 0 Å². The Morgan fingerprint density at radius 1 is 1.09 bits per heavy atom. The summed E-state index contributed by atoms with van der Waals surface area (Å²) < 4.78 is 6.15. The first-order valence-electron chi connectivity index (χ1n) is 13.2. The average molecular weight is 483 g/mol. The second-order valence-electron chi connectivity index (χ2n) is 10.9. The van der Waals surface area contributed by atoms with Crippen LogP contribution in [-0.4, -0.2) is 97.4 Å². The average Bonchev–Trinajstić information content (AvgIpc) is 2.83. The molecule has 2 fully saturated rings. The first-order valence-corrected chi connectivity index (χ1v) is 13.2. The number of nitrogens with zero attached hydrogens (tertiary/aromatic N) is 4. The summed E-state index contributed by atoms with van der Waals surface area (Å²) in [5, 5.41) is 0. The van der Waals surface area contributed by atoms with E-state index in [1.807, 2.05) is 28.0 Å². The smallest absolute Gasteiger partial charge is 0.236 e. The zero-order valence-corrected chi connectivity index (χ0v) is 21.7. The molecule has 0 saturated carbocycles. The van der Waals surface area contributed by atoms with Crippen molar-refractivity contribution >= 4 is 11.8 Å². The molecule has 2 atom stereocenters. The lowest BCUT2D eigenvalue weighted by Crippen LogP contribution is -2.50. The van der Waals surface area contributed by atoms with Gasteiger partial charge >= 0.3 is 0 Å². The Morgan fingerprint density at radius 2 is 1.86 bits per heavy atom. The first kappa shape index (κ1) is 25.7. The summed E-state index contributed by atoms with van der Waals surface area (Å²) in [5.74, 6) is 2.21. The van der Waals surface area contributed by atoms with Gasteiger partial charge in [-0.3, -0.25) is 14.5 Å². The highest BCUT2D eigenvalue weighted by atomic mass is 16.5. The van der Waals surface area contributed by atoms with Crippen molar-refractivity contribution in [1.29, 1.82) is 0 Å². The molecular formula is C28H42N4O3. The SMILES string of the molecule is CC(C)CN1CC(=O)N2CC[C@@H](CC(=O)N3CCN(C)CC3)[C@@H](/C=C\COc3ccccc3C1)C2. The highest BCUT2D eigenvalue weighted by Gasteiger charge is 2.33. The molecule has 1 aromatic carbocycles. The Bertz CT molecular complexity index is 894. The van der Waals surface area contributed by atoms with Crippen molar-refractivity contribution in [1.82, 2.24) is 19.6 Å². The Morgan fingerprint density at radius 3 is 2.63 bits per heavy atom. The van der Waals surface area contributed by atoms with Gasteiger partial charge in [0, 0.05) is 64.3 Å². The van der Waals surface area contributed by atoms with Gasteiger partial charge in [0.05, 0.1) is 6.54 Å². The number of carbonyl (C=O) groups is 2. The van der Waals surface area contributed by atoms with Crippen LogP contribution < -0.4 is 4.74 Å². The van der Waals surface area contributed by atoms with Gasteiger partial charge in [-0.15, -0.1) is 0 Å². The molecule has 35 heavy (non-hydrogen) atoms. The van der Waals surface area contributed by atoms with Crippen LogP contribution in [0.2, 0.25) is 0 Å². The number of fused-ring (bicyclic) bond motifs is 3. The minimum absolute atomic E-state index is 0.169. The van der Waals surface area contributed by atoms with Crippen molar-refractivity contribution in [2.24, 2.45) is 17.8 Å². The molecule has 3 aliphatic rings. The molecule has 2 amide bonds. The molecule has 3 heterocycles. The van der Waals surface area contributed by atoms with E-state index in [2.05, 4.69) is 48.9 Å². The van der Waals surface area contributed by atoms with Gasteiger partial charge in [0.2, 0.25) is 11.8 Å². The molecule has 4 rings (SSSR count). The van der Waals surface area contributed by atoms with Crippen LogP contribution in [0.1, 0.15) is 32.3 Å². The standard InChI is InChI=1S/C28H42N4O3/c1-22(2)18-30-19-25-7-4-5-9-26(25)35-16-6-8-24-20-32(28(34)21-30)11-10-23(24)17-27(33)31-14-12-29(3)13-15-31/h4-9,22-24H,10-21H2,1-3H3/b8-6-/t23-,24-/m0/s1. The Labute approximate surface area is 210 Å². The minimum Gasteiger partial charge on any atom is -0.489 e. The van der Waals surface area contributed by atoms with Crippen molar-refractivity contribution < 1.29 is 14.3 Å². The maximum atomic E-state index is 13.4. The second kappa shape index (κ2) is 12.0. The third kappa shape index (κ3) is 7.07. The molecule has 3 aliphatic heterocycles. The minimum atomic E-state index is 0.169. The molecule has 2 bridgehead atoms. The Kier molecular flexibility index (Phi) is 8.84. The van der Waals surface area contributed by atoms with Gasteiger partial charge in [0.1, 0.15) is 12.4 Å². The van der Waals surface area contributed by atoms with E-state index in [9.17, 15) is 9.59 Å². The number of carbonyl (C=O) groups excluding carboxylic acids is 2. The van der Waals surface area contributed by atoms with E-state index in [-0.39, 0.29) is 23.7 Å². The van der Waals surface area contributed by atoms with Crippen molar-refractivity contribution in [3.8, 4) is 5.75 Å². The molecule has 0 radical (unpaired) electrons. The number of hydrogen-bond acceptors (Lipinski definition) is 5. The van der Waals surface area contributed by atoms with Gasteiger partial charge in [-0.25, -0.2) is 0 Å². The van der Waals surface area contributed by atoms with Gasteiger partial charge in [0.15, 0.2) is 0 Å². The van der Waals surface area contributed by atoms with Crippen LogP contribution in [0.15, 0.2) is 36.4 Å². The quantitative estimate of drug-likeness (QED) is 0.618. The first-order chi connectivity index (χ1) is 16.9. The van der Waals surface area contributed by atoms with Crippen molar-refractivity contribution in [3.63, 3.8) is 0 Å². The Hall–Kier alpha value is -2.38. The zero-order valence-electron chi connectivity index (χ0n) is 21.7. The molecule has 2 saturated heterocycles. The third-order valence-electron chi connectivity index (χ3n) is 7.52. The molecule has 0 aliphatic carbocycles. The van der Waals surface area contributed by atoms with Crippen LogP contribution in [0.4, 0.5) is 0 Å². The van der Waals surface area contributed by atoms with E-state index in [1.54, 1.807) is 0 Å². The predicted octanol–water partition coefficient (Wildman–Crippen LogP) is 2.72. The lowest BCUT2D eigenvalue weighted by Gasteiger charge is -2.39. The van der Waals surface area contributed by atoms with Gasteiger partial charge in [-0.2, -0.15) is 0 Å². The maximum Gasteiger partial charge on any atom is 0.236 e. The molecule has 7 heteroatoms. The largest absolute Gasteiger partial charge is 0.489 e. The van der Waals surface area contributed by atoms with E-state index in [0.29, 0.717) is 38.6 Å². The van der Waals surface area contributed by atoms with E-state index < -0.39 is 0 Å². The van der Waals surface area contributed by atoms with E-state index in [0.717, 1.165) is 57.0 Å². The lowest BCUT2D eigenvalue weighted by atomic mass is 9.82. The molecule has 0 N–H and O–H groups in total. The third-order valence-corrected chi connectivity index (χ3v) is 7.52. The lowest BCUT2D eigenvalue weighted by molar-refractivity contribution is -0.136. The van der Waals surface area contributed by atoms with Gasteiger partial charge in [-0.1, -0.05) is 44.2 Å². The topological polar surface area (TPSA) is 56.3 Å². The number of benzene rings is 1. The summed E-state index contributed by atoms with van der Waals surface area (Å²) in [6.07, 6.45) is 5.69. The summed E-state index contributed by atoms with van der Waals surface area (Å²) in [7, 11) is 2.11. The highest BCUT2D eigenvalue weighted by molar-refractivity contribution is 5.79.